The maximum absolute atomic E-state index is 13.5. The van der Waals surface area contributed by atoms with Gasteiger partial charge in [-0.1, -0.05) is 30.4 Å². The summed E-state index contributed by atoms with van der Waals surface area (Å²) in [6, 6.07) is 8.35. The van der Waals surface area contributed by atoms with Gasteiger partial charge >= 0.3 is 6.18 Å². The second-order valence-electron chi connectivity index (χ2n) is 4.96. The van der Waals surface area contributed by atoms with Gasteiger partial charge in [-0.2, -0.15) is 18.3 Å². The first kappa shape index (κ1) is 14.4. The third-order valence-electron chi connectivity index (χ3n) is 3.37. The van der Waals surface area contributed by atoms with Crippen molar-refractivity contribution < 1.29 is 13.2 Å². The van der Waals surface area contributed by atoms with E-state index in [2.05, 4.69) is 5.10 Å². The summed E-state index contributed by atoms with van der Waals surface area (Å²) in [5.41, 5.74) is -0.159. The van der Waals surface area contributed by atoms with E-state index >= 15 is 0 Å². The molecule has 0 bridgehead atoms. The zero-order valence-corrected chi connectivity index (χ0v) is 11.7. The maximum Gasteiger partial charge on any atom is 0.433 e. The van der Waals surface area contributed by atoms with Gasteiger partial charge in [-0.25, -0.2) is 4.68 Å². The lowest BCUT2D eigenvalue weighted by Crippen LogP contribution is -2.21. The Balaban J connectivity index is 1.99. The van der Waals surface area contributed by atoms with Crippen LogP contribution in [0.3, 0.4) is 0 Å². The number of halogens is 3. The van der Waals surface area contributed by atoms with Crippen molar-refractivity contribution in [1.82, 2.24) is 14.7 Å². The van der Waals surface area contributed by atoms with E-state index in [1.165, 1.54) is 6.20 Å². The van der Waals surface area contributed by atoms with Crippen LogP contribution in [0.25, 0.3) is 5.69 Å². The summed E-state index contributed by atoms with van der Waals surface area (Å²) in [7, 11) is 0. The van der Waals surface area contributed by atoms with Crippen LogP contribution in [0, 0.1) is 0 Å². The Morgan fingerprint density at radius 1 is 1.09 bits per heavy atom. The SMILES string of the molecule is FC(F)(F)c1c(CN2C=CC=CC2)cnn1-c1ccccc1. The second-order valence-corrected chi connectivity index (χ2v) is 4.96. The summed E-state index contributed by atoms with van der Waals surface area (Å²) in [4.78, 5) is 1.81. The molecule has 114 valence electrons. The molecule has 0 unspecified atom stereocenters. The molecule has 0 saturated carbocycles. The van der Waals surface area contributed by atoms with Gasteiger partial charge in [0.2, 0.25) is 0 Å². The summed E-state index contributed by atoms with van der Waals surface area (Å²) in [5, 5.41) is 3.95. The molecule has 3 rings (SSSR count). The highest BCUT2D eigenvalue weighted by Crippen LogP contribution is 2.34. The van der Waals surface area contributed by atoms with Crippen LogP contribution >= 0.6 is 0 Å². The fourth-order valence-corrected chi connectivity index (χ4v) is 2.41. The first-order valence-corrected chi connectivity index (χ1v) is 6.82. The van der Waals surface area contributed by atoms with Crippen molar-refractivity contribution >= 4 is 0 Å². The lowest BCUT2D eigenvalue weighted by molar-refractivity contribution is -0.143. The van der Waals surface area contributed by atoms with Gasteiger partial charge in [0.1, 0.15) is 0 Å². The van der Waals surface area contributed by atoms with E-state index in [0.717, 1.165) is 4.68 Å². The summed E-state index contributed by atoms with van der Waals surface area (Å²) in [6.45, 7) is 0.757. The van der Waals surface area contributed by atoms with Gasteiger partial charge in [-0.3, -0.25) is 0 Å². The standard InChI is InChI=1S/C16H14F3N3/c17-16(18,19)15-13(12-21-9-5-2-6-10-21)11-20-22(15)14-7-3-1-4-8-14/h1-9,11H,10,12H2. The molecule has 0 aliphatic carbocycles. The number of allylic oxidation sites excluding steroid dienone is 2. The number of alkyl halides is 3. The Morgan fingerprint density at radius 2 is 1.86 bits per heavy atom. The summed E-state index contributed by atoms with van der Waals surface area (Å²) < 4.78 is 41.4. The van der Waals surface area contributed by atoms with Crippen LogP contribution < -0.4 is 0 Å². The molecule has 6 heteroatoms. The fraction of sp³-hybridized carbons (Fsp3) is 0.188. The van der Waals surface area contributed by atoms with Crippen LogP contribution in [0.4, 0.5) is 13.2 Å². The lowest BCUT2D eigenvalue weighted by Gasteiger charge is -2.21. The number of rotatable bonds is 3. The zero-order chi connectivity index (χ0) is 15.6. The molecule has 1 aromatic carbocycles. The Bertz CT molecular complexity index is 699. The van der Waals surface area contributed by atoms with E-state index in [0.29, 0.717) is 12.2 Å². The summed E-state index contributed by atoms with van der Waals surface area (Å²) in [5.74, 6) is 0. The van der Waals surface area contributed by atoms with Gasteiger partial charge in [-0.05, 0) is 24.4 Å². The minimum Gasteiger partial charge on any atom is -0.369 e. The van der Waals surface area contributed by atoms with Crippen LogP contribution in [0.2, 0.25) is 0 Å². The van der Waals surface area contributed by atoms with Crippen LogP contribution in [0.1, 0.15) is 11.3 Å². The molecule has 1 aliphatic heterocycles. The number of hydrogen-bond donors (Lipinski definition) is 0. The molecule has 2 aromatic rings. The van der Waals surface area contributed by atoms with Crippen molar-refractivity contribution in [2.45, 2.75) is 12.7 Å². The molecular weight excluding hydrogens is 291 g/mol. The number of para-hydroxylation sites is 1. The molecule has 2 heterocycles. The normalized spacial score (nSPS) is 14.6. The van der Waals surface area contributed by atoms with Gasteiger partial charge < -0.3 is 4.90 Å². The number of hydrogen-bond acceptors (Lipinski definition) is 2. The highest BCUT2D eigenvalue weighted by atomic mass is 19.4. The number of aromatic nitrogens is 2. The highest BCUT2D eigenvalue weighted by molar-refractivity contribution is 5.36. The van der Waals surface area contributed by atoms with Crippen LogP contribution in [0.5, 0.6) is 0 Å². The molecule has 3 nitrogen and oxygen atoms in total. The molecule has 0 spiro atoms. The van der Waals surface area contributed by atoms with Crippen LogP contribution in [-0.2, 0) is 12.7 Å². The first-order valence-electron chi connectivity index (χ1n) is 6.82. The first-order chi connectivity index (χ1) is 10.6. The molecule has 0 atom stereocenters. The Morgan fingerprint density at radius 3 is 2.50 bits per heavy atom. The van der Waals surface area contributed by atoms with Crippen molar-refractivity contribution in [3.63, 3.8) is 0 Å². The zero-order valence-electron chi connectivity index (χ0n) is 11.7. The van der Waals surface area contributed by atoms with E-state index in [1.807, 2.05) is 17.1 Å². The van der Waals surface area contributed by atoms with Crippen LogP contribution in [-0.4, -0.2) is 21.2 Å². The molecule has 0 amide bonds. The van der Waals surface area contributed by atoms with Gasteiger partial charge in [-0.15, -0.1) is 0 Å². The highest BCUT2D eigenvalue weighted by Gasteiger charge is 2.38. The molecule has 0 saturated heterocycles. The number of benzene rings is 1. The largest absolute Gasteiger partial charge is 0.433 e. The van der Waals surface area contributed by atoms with Gasteiger partial charge in [0.15, 0.2) is 5.69 Å². The van der Waals surface area contributed by atoms with Crippen molar-refractivity contribution in [1.29, 1.82) is 0 Å². The Labute approximate surface area is 126 Å². The molecule has 0 N–H and O–H groups in total. The molecular formula is C16H14F3N3. The smallest absolute Gasteiger partial charge is 0.369 e. The monoisotopic (exact) mass is 305 g/mol. The average molecular weight is 305 g/mol. The summed E-state index contributed by atoms with van der Waals surface area (Å²) >= 11 is 0. The van der Waals surface area contributed by atoms with E-state index in [-0.39, 0.29) is 12.1 Å². The van der Waals surface area contributed by atoms with E-state index in [4.69, 9.17) is 0 Å². The molecule has 1 aliphatic rings. The van der Waals surface area contributed by atoms with Crippen molar-refractivity contribution in [2.75, 3.05) is 6.54 Å². The van der Waals surface area contributed by atoms with Gasteiger partial charge in [0.25, 0.3) is 0 Å². The fourth-order valence-electron chi connectivity index (χ4n) is 2.41. The van der Waals surface area contributed by atoms with Crippen LogP contribution in [0.15, 0.2) is 61.0 Å². The predicted molar refractivity (Wildman–Crippen MR) is 77.3 cm³/mol. The summed E-state index contributed by atoms with van der Waals surface area (Å²) in [6.07, 6.45) is 4.18. The van der Waals surface area contributed by atoms with Gasteiger partial charge in [0.05, 0.1) is 11.9 Å². The Hall–Kier alpha value is -2.50. The second kappa shape index (κ2) is 5.71. The molecule has 0 fully saturated rings. The maximum atomic E-state index is 13.5. The topological polar surface area (TPSA) is 21.1 Å². The lowest BCUT2D eigenvalue weighted by atomic mass is 10.2. The quantitative estimate of drug-likeness (QED) is 0.860. The number of nitrogens with zero attached hydrogens (tertiary/aromatic N) is 3. The van der Waals surface area contributed by atoms with E-state index in [1.54, 1.807) is 42.6 Å². The van der Waals surface area contributed by atoms with Crippen molar-refractivity contribution in [3.05, 3.63) is 72.2 Å². The van der Waals surface area contributed by atoms with Gasteiger partial charge in [0, 0.05) is 18.7 Å². The van der Waals surface area contributed by atoms with Crippen molar-refractivity contribution in [3.8, 4) is 5.69 Å². The average Bonchev–Trinajstić information content (AvgIpc) is 2.93. The predicted octanol–water partition coefficient (Wildman–Crippen LogP) is 3.78. The molecule has 22 heavy (non-hydrogen) atoms. The van der Waals surface area contributed by atoms with E-state index < -0.39 is 11.9 Å². The van der Waals surface area contributed by atoms with Crippen molar-refractivity contribution in [2.24, 2.45) is 0 Å². The minimum atomic E-state index is -4.46. The third-order valence-corrected chi connectivity index (χ3v) is 3.37. The minimum absolute atomic E-state index is 0.163. The van der Waals surface area contributed by atoms with E-state index in [9.17, 15) is 13.2 Å². The Kier molecular flexibility index (Phi) is 3.75. The molecule has 1 aromatic heterocycles. The molecule has 0 radical (unpaired) electrons. The third kappa shape index (κ3) is 2.90.